The molecule has 196 valence electrons. The molecule has 2 aromatic carbocycles. The van der Waals surface area contributed by atoms with Gasteiger partial charge in [0.1, 0.15) is 24.0 Å². The number of nitrogens with one attached hydrogen (secondary N) is 3. The number of pyridine rings is 1. The highest BCUT2D eigenvalue weighted by molar-refractivity contribution is 5.99. The number of aromatic hydroxyl groups is 1. The largest absolute Gasteiger partial charge is 0.492 e. The number of methoxy groups -OCH3 is 1. The van der Waals surface area contributed by atoms with Crippen molar-refractivity contribution < 1.29 is 33.0 Å². The van der Waals surface area contributed by atoms with Crippen LogP contribution < -0.4 is 20.7 Å². The molecule has 0 aliphatic rings. The van der Waals surface area contributed by atoms with Crippen LogP contribution in [-0.2, 0) is 9.53 Å². The van der Waals surface area contributed by atoms with E-state index in [4.69, 9.17) is 9.47 Å². The van der Waals surface area contributed by atoms with Crippen LogP contribution in [0.2, 0.25) is 0 Å². The standard InChI is InChI=1S/C25H22F2N6O5/c1-14-3-5-15(6-4-14)33-20(12-21(34)32-33)31-25(36)29-17-7-8-18(24(27)23(17)26)38-16-9-10-28-19(11-16)30-22(35)13-37-2/h3-12H,13H2,1-2H3,(H,32,34)(H,28,30,35)(H2,29,31,36). The second kappa shape index (κ2) is 11.3. The van der Waals surface area contributed by atoms with Crippen molar-refractivity contribution in [1.29, 1.82) is 0 Å². The number of amides is 3. The molecule has 38 heavy (non-hydrogen) atoms. The molecule has 4 rings (SSSR count). The molecule has 0 unspecified atom stereocenters. The Balaban J connectivity index is 1.46. The number of hydrogen-bond donors (Lipinski definition) is 4. The highest BCUT2D eigenvalue weighted by atomic mass is 19.2. The Hall–Kier alpha value is -5.04. The summed E-state index contributed by atoms with van der Waals surface area (Å²) < 4.78 is 40.9. The summed E-state index contributed by atoms with van der Waals surface area (Å²) >= 11 is 0. The van der Waals surface area contributed by atoms with Crippen LogP contribution in [0.1, 0.15) is 5.56 Å². The Morgan fingerprint density at radius 2 is 1.76 bits per heavy atom. The summed E-state index contributed by atoms with van der Waals surface area (Å²) in [6.07, 6.45) is 1.31. The number of urea groups is 1. The van der Waals surface area contributed by atoms with E-state index >= 15 is 0 Å². The Morgan fingerprint density at radius 1 is 1.00 bits per heavy atom. The molecular formula is C25H22F2N6O5. The number of rotatable bonds is 8. The molecule has 0 aliphatic carbocycles. The number of carbonyl (C=O) groups is 2. The number of aromatic nitrogens is 3. The number of carbonyl (C=O) groups excluding carboxylic acids is 2. The Morgan fingerprint density at radius 3 is 2.50 bits per heavy atom. The molecule has 2 aromatic heterocycles. The minimum absolute atomic E-state index is 0.0774. The number of aryl methyl sites for hydroxylation is 1. The van der Waals surface area contributed by atoms with Gasteiger partial charge < -0.3 is 25.2 Å². The molecule has 4 N–H and O–H groups in total. The monoisotopic (exact) mass is 524 g/mol. The molecular weight excluding hydrogens is 502 g/mol. The van der Waals surface area contributed by atoms with Crippen LogP contribution in [0.4, 0.5) is 30.9 Å². The van der Waals surface area contributed by atoms with Crippen LogP contribution in [0.25, 0.3) is 5.69 Å². The van der Waals surface area contributed by atoms with Crippen LogP contribution in [0.3, 0.4) is 0 Å². The van der Waals surface area contributed by atoms with Crippen molar-refractivity contribution in [2.75, 3.05) is 29.7 Å². The normalized spacial score (nSPS) is 10.6. The summed E-state index contributed by atoms with van der Waals surface area (Å²) in [5.74, 6) is -3.70. The lowest BCUT2D eigenvalue weighted by atomic mass is 10.2. The second-order valence-electron chi connectivity index (χ2n) is 7.91. The van der Waals surface area contributed by atoms with E-state index in [0.717, 1.165) is 17.7 Å². The molecule has 11 nitrogen and oxygen atoms in total. The van der Waals surface area contributed by atoms with Gasteiger partial charge in [0.05, 0.1) is 11.4 Å². The third-order valence-corrected chi connectivity index (χ3v) is 5.01. The topological polar surface area (TPSA) is 140 Å². The van der Waals surface area contributed by atoms with Crippen LogP contribution in [0.5, 0.6) is 17.4 Å². The van der Waals surface area contributed by atoms with E-state index in [1.807, 2.05) is 19.1 Å². The molecule has 0 radical (unpaired) electrons. The summed E-state index contributed by atoms with van der Waals surface area (Å²) in [7, 11) is 1.36. The SMILES string of the molecule is COCC(=O)Nc1cc(Oc2ccc(NC(=O)Nc3cc(O)nn3-c3ccc(C)cc3)c(F)c2F)ccn1. The molecule has 0 spiro atoms. The summed E-state index contributed by atoms with van der Waals surface area (Å²) in [6, 6.07) is 12.4. The summed E-state index contributed by atoms with van der Waals surface area (Å²) in [5, 5.41) is 20.9. The van der Waals surface area contributed by atoms with E-state index in [1.165, 1.54) is 36.2 Å². The lowest BCUT2D eigenvalue weighted by molar-refractivity contribution is -0.119. The average molecular weight is 524 g/mol. The lowest BCUT2D eigenvalue weighted by Gasteiger charge is -2.13. The molecule has 0 aliphatic heterocycles. The fourth-order valence-corrected chi connectivity index (χ4v) is 3.30. The van der Waals surface area contributed by atoms with Crippen molar-refractivity contribution >= 4 is 29.3 Å². The van der Waals surface area contributed by atoms with E-state index in [-0.39, 0.29) is 29.9 Å². The molecule has 2 heterocycles. The van der Waals surface area contributed by atoms with Crippen LogP contribution in [-0.4, -0.2) is 45.5 Å². The molecule has 0 fully saturated rings. The van der Waals surface area contributed by atoms with Crippen molar-refractivity contribution in [3.05, 3.63) is 78.0 Å². The lowest BCUT2D eigenvalue weighted by Crippen LogP contribution is -2.22. The van der Waals surface area contributed by atoms with Gasteiger partial charge in [-0.1, -0.05) is 17.7 Å². The van der Waals surface area contributed by atoms with Gasteiger partial charge in [0.25, 0.3) is 5.91 Å². The maximum absolute atomic E-state index is 14.7. The number of nitrogens with zero attached hydrogens (tertiary/aromatic N) is 3. The summed E-state index contributed by atoms with van der Waals surface area (Å²) in [6.45, 7) is 1.71. The van der Waals surface area contributed by atoms with Crippen molar-refractivity contribution in [2.45, 2.75) is 6.92 Å². The minimum Gasteiger partial charge on any atom is -0.492 e. The first-order valence-electron chi connectivity index (χ1n) is 11.1. The molecule has 4 aromatic rings. The first-order valence-corrected chi connectivity index (χ1v) is 11.1. The number of halogens is 2. The van der Waals surface area contributed by atoms with Crippen molar-refractivity contribution in [3.63, 3.8) is 0 Å². The summed E-state index contributed by atoms with van der Waals surface area (Å²) in [5.41, 5.74) is 1.10. The number of ether oxygens (including phenoxy) is 2. The zero-order valence-corrected chi connectivity index (χ0v) is 20.2. The quantitative estimate of drug-likeness (QED) is 0.265. The van der Waals surface area contributed by atoms with Crippen molar-refractivity contribution in [2.24, 2.45) is 0 Å². The first-order chi connectivity index (χ1) is 18.2. The summed E-state index contributed by atoms with van der Waals surface area (Å²) in [4.78, 5) is 28.1. The van der Waals surface area contributed by atoms with Gasteiger partial charge in [-0.05, 0) is 37.3 Å². The van der Waals surface area contributed by atoms with Gasteiger partial charge in [-0.15, -0.1) is 5.10 Å². The predicted octanol–water partition coefficient (Wildman–Crippen LogP) is 4.58. The van der Waals surface area contributed by atoms with E-state index in [2.05, 4.69) is 26.0 Å². The number of benzene rings is 2. The molecule has 0 atom stereocenters. The highest BCUT2D eigenvalue weighted by Gasteiger charge is 2.19. The van der Waals surface area contributed by atoms with E-state index in [0.29, 0.717) is 5.69 Å². The van der Waals surface area contributed by atoms with Gasteiger partial charge in [0.2, 0.25) is 11.7 Å². The van der Waals surface area contributed by atoms with Gasteiger partial charge >= 0.3 is 6.03 Å². The number of hydrogen-bond acceptors (Lipinski definition) is 7. The Kier molecular flexibility index (Phi) is 7.77. The highest BCUT2D eigenvalue weighted by Crippen LogP contribution is 2.31. The Labute approximate surface area is 215 Å². The van der Waals surface area contributed by atoms with Crippen LogP contribution in [0, 0.1) is 18.6 Å². The van der Waals surface area contributed by atoms with Crippen LogP contribution in [0.15, 0.2) is 60.8 Å². The average Bonchev–Trinajstić information content (AvgIpc) is 3.24. The van der Waals surface area contributed by atoms with Gasteiger partial charge in [0.15, 0.2) is 11.6 Å². The maximum Gasteiger partial charge on any atom is 0.324 e. The van der Waals surface area contributed by atoms with Crippen LogP contribution >= 0.6 is 0 Å². The molecule has 3 amide bonds. The zero-order chi connectivity index (χ0) is 27.2. The van der Waals surface area contributed by atoms with Gasteiger partial charge in [0, 0.05) is 25.4 Å². The number of anilines is 3. The van der Waals surface area contributed by atoms with E-state index in [1.54, 1.807) is 12.1 Å². The van der Waals surface area contributed by atoms with Gasteiger partial charge in [-0.3, -0.25) is 10.1 Å². The van der Waals surface area contributed by atoms with Crippen molar-refractivity contribution in [3.8, 4) is 23.1 Å². The van der Waals surface area contributed by atoms with Gasteiger partial charge in [-0.25, -0.2) is 18.9 Å². The third kappa shape index (κ3) is 6.20. The third-order valence-electron chi connectivity index (χ3n) is 5.01. The van der Waals surface area contributed by atoms with E-state index < -0.39 is 35.0 Å². The predicted molar refractivity (Wildman–Crippen MR) is 134 cm³/mol. The minimum atomic E-state index is -1.37. The van der Waals surface area contributed by atoms with E-state index in [9.17, 15) is 23.5 Å². The zero-order valence-electron chi connectivity index (χ0n) is 20.2. The smallest absolute Gasteiger partial charge is 0.324 e. The Bertz CT molecular complexity index is 1480. The second-order valence-corrected chi connectivity index (χ2v) is 7.91. The molecule has 0 saturated carbocycles. The van der Waals surface area contributed by atoms with Gasteiger partial charge in [-0.2, -0.15) is 4.39 Å². The fourth-order valence-electron chi connectivity index (χ4n) is 3.30. The molecule has 0 bridgehead atoms. The molecule has 13 heteroatoms. The molecule has 0 saturated heterocycles. The maximum atomic E-state index is 14.7. The fraction of sp³-hybridized carbons (Fsp3) is 0.120. The van der Waals surface area contributed by atoms with Crippen molar-refractivity contribution in [1.82, 2.24) is 14.8 Å². The first kappa shape index (κ1) is 26.0.